The van der Waals surface area contributed by atoms with Crippen molar-refractivity contribution in [2.75, 3.05) is 12.8 Å². The second-order valence-corrected chi connectivity index (χ2v) is 5.72. The van der Waals surface area contributed by atoms with Crippen LogP contribution in [0.2, 0.25) is 0 Å². The van der Waals surface area contributed by atoms with Gasteiger partial charge in [0.05, 0.1) is 5.52 Å². The lowest BCUT2D eigenvalue weighted by Crippen LogP contribution is -2.30. The molecule has 100 valence electrons. The Morgan fingerprint density at radius 2 is 2.11 bits per heavy atom. The van der Waals surface area contributed by atoms with Crippen molar-refractivity contribution < 1.29 is 0 Å². The number of nitrogens with two attached hydrogens (primary N) is 1. The predicted octanol–water partition coefficient (Wildman–Crippen LogP) is 3.05. The Kier molecular flexibility index (Phi) is 3.15. The molecule has 1 saturated carbocycles. The van der Waals surface area contributed by atoms with Crippen LogP contribution in [0.15, 0.2) is 30.3 Å². The normalized spacial score (nSPS) is 17.0. The topological polar surface area (TPSA) is 42.2 Å². The maximum absolute atomic E-state index is 6.09. The molecular formula is C16H21N3. The minimum atomic E-state index is 0.630. The highest BCUT2D eigenvalue weighted by Gasteiger charge is 2.30. The van der Waals surface area contributed by atoms with Gasteiger partial charge >= 0.3 is 0 Å². The number of hydrogen-bond donors (Lipinski definition) is 1. The molecule has 3 rings (SSSR count). The minimum Gasteiger partial charge on any atom is -0.383 e. The molecule has 3 nitrogen and oxygen atoms in total. The van der Waals surface area contributed by atoms with Crippen LogP contribution in [-0.4, -0.2) is 23.0 Å². The highest BCUT2D eigenvalue weighted by Crippen LogP contribution is 2.35. The number of hydrogen-bond acceptors (Lipinski definition) is 3. The molecule has 1 unspecified atom stereocenters. The van der Waals surface area contributed by atoms with E-state index in [9.17, 15) is 0 Å². The molecule has 3 heteroatoms. The molecule has 0 spiro atoms. The first kappa shape index (κ1) is 12.4. The van der Waals surface area contributed by atoms with Crippen LogP contribution in [0.25, 0.3) is 10.9 Å². The number of nitrogens with zero attached hydrogens (tertiary/aromatic N) is 2. The van der Waals surface area contributed by atoms with Crippen LogP contribution in [0.4, 0.5) is 5.82 Å². The van der Waals surface area contributed by atoms with E-state index in [2.05, 4.69) is 36.0 Å². The number of para-hydroxylation sites is 1. The molecule has 19 heavy (non-hydrogen) atoms. The Morgan fingerprint density at radius 3 is 2.84 bits per heavy atom. The molecule has 0 bridgehead atoms. The molecule has 1 aromatic carbocycles. The zero-order chi connectivity index (χ0) is 13.4. The van der Waals surface area contributed by atoms with E-state index in [-0.39, 0.29) is 0 Å². The highest BCUT2D eigenvalue weighted by molar-refractivity contribution is 5.81. The summed E-state index contributed by atoms with van der Waals surface area (Å²) < 4.78 is 0. The SMILES string of the molecule is CC(C1CC1)N(C)Cc1cc2ccccc2nc1N. The number of pyridine rings is 1. The number of nitrogen functional groups attached to an aromatic ring is 1. The summed E-state index contributed by atoms with van der Waals surface area (Å²) in [5.41, 5.74) is 8.20. The standard InChI is InChI=1S/C16H21N3/c1-11(12-7-8-12)19(2)10-14-9-13-5-3-4-6-15(13)18-16(14)17/h3-6,9,11-12H,7-8,10H2,1-2H3,(H2,17,18). The molecule has 0 saturated heterocycles. The summed E-state index contributed by atoms with van der Waals surface area (Å²) in [6.45, 7) is 3.18. The lowest BCUT2D eigenvalue weighted by atomic mass is 10.1. The molecule has 1 aliphatic carbocycles. The zero-order valence-corrected chi connectivity index (χ0v) is 11.6. The molecule has 2 aromatic rings. The third kappa shape index (κ3) is 2.56. The first-order chi connectivity index (χ1) is 9.15. The Balaban J connectivity index is 1.85. The van der Waals surface area contributed by atoms with Gasteiger partial charge in [0.1, 0.15) is 5.82 Å². The summed E-state index contributed by atoms with van der Waals surface area (Å²) in [6, 6.07) is 10.9. The summed E-state index contributed by atoms with van der Waals surface area (Å²) in [6.07, 6.45) is 2.74. The quantitative estimate of drug-likeness (QED) is 0.913. The van der Waals surface area contributed by atoms with Crippen molar-refractivity contribution in [1.82, 2.24) is 9.88 Å². The predicted molar refractivity (Wildman–Crippen MR) is 79.8 cm³/mol. The fraction of sp³-hybridized carbons (Fsp3) is 0.438. The average molecular weight is 255 g/mol. The summed E-state index contributed by atoms with van der Waals surface area (Å²) in [5, 5.41) is 1.17. The van der Waals surface area contributed by atoms with Gasteiger partial charge in [0.25, 0.3) is 0 Å². The third-order valence-electron chi connectivity index (χ3n) is 4.26. The maximum Gasteiger partial charge on any atom is 0.128 e. The van der Waals surface area contributed by atoms with Crippen LogP contribution in [-0.2, 0) is 6.54 Å². The Bertz CT molecular complexity index is 590. The van der Waals surface area contributed by atoms with Gasteiger partial charge in [-0.3, -0.25) is 4.90 Å². The minimum absolute atomic E-state index is 0.630. The number of anilines is 1. The van der Waals surface area contributed by atoms with Crippen LogP contribution in [0, 0.1) is 5.92 Å². The molecule has 1 fully saturated rings. The Hall–Kier alpha value is -1.61. The van der Waals surface area contributed by atoms with E-state index < -0.39 is 0 Å². The van der Waals surface area contributed by atoms with Crippen LogP contribution in [0.5, 0.6) is 0 Å². The fourth-order valence-electron chi connectivity index (χ4n) is 2.65. The van der Waals surface area contributed by atoms with Gasteiger partial charge < -0.3 is 5.73 Å². The summed E-state index contributed by atoms with van der Waals surface area (Å²) in [7, 11) is 2.18. The Labute approximate surface area is 114 Å². The highest BCUT2D eigenvalue weighted by atomic mass is 15.1. The van der Waals surface area contributed by atoms with Gasteiger partial charge in [0.2, 0.25) is 0 Å². The lowest BCUT2D eigenvalue weighted by molar-refractivity contribution is 0.227. The van der Waals surface area contributed by atoms with E-state index in [1.165, 1.54) is 18.2 Å². The molecular weight excluding hydrogens is 234 g/mol. The van der Waals surface area contributed by atoms with E-state index in [1.54, 1.807) is 0 Å². The second-order valence-electron chi connectivity index (χ2n) is 5.72. The van der Waals surface area contributed by atoms with Crippen molar-refractivity contribution in [3.8, 4) is 0 Å². The van der Waals surface area contributed by atoms with Gasteiger partial charge in [0.15, 0.2) is 0 Å². The molecule has 1 atom stereocenters. The summed E-state index contributed by atoms with van der Waals surface area (Å²) in [4.78, 5) is 6.89. The van der Waals surface area contributed by atoms with Crippen LogP contribution >= 0.6 is 0 Å². The fourth-order valence-corrected chi connectivity index (χ4v) is 2.65. The molecule has 1 heterocycles. The van der Waals surface area contributed by atoms with Gasteiger partial charge in [-0.05, 0) is 44.9 Å². The number of rotatable bonds is 4. The van der Waals surface area contributed by atoms with E-state index >= 15 is 0 Å². The number of aromatic nitrogens is 1. The molecule has 0 aliphatic heterocycles. The molecule has 1 aromatic heterocycles. The van der Waals surface area contributed by atoms with Crippen molar-refractivity contribution in [3.63, 3.8) is 0 Å². The largest absolute Gasteiger partial charge is 0.383 e. The first-order valence-corrected chi connectivity index (χ1v) is 6.99. The van der Waals surface area contributed by atoms with Gasteiger partial charge in [-0.2, -0.15) is 0 Å². The van der Waals surface area contributed by atoms with Gasteiger partial charge in [-0.15, -0.1) is 0 Å². The van der Waals surface area contributed by atoms with Crippen LogP contribution in [0.3, 0.4) is 0 Å². The molecule has 1 aliphatic rings. The van der Waals surface area contributed by atoms with Crippen molar-refractivity contribution in [3.05, 3.63) is 35.9 Å². The van der Waals surface area contributed by atoms with Gasteiger partial charge in [-0.25, -0.2) is 4.98 Å². The summed E-state index contributed by atoms with van der Waals surface area (Å²) >= 11 is 0. The van der Waals surface area contributed by atoms with Gasteiger partial charge in [0, 0.05) is 23.5 Å². The smallest absolute Gasteiger partial charge is 0.128 e. The van der Waals surface area contributed by atoms with E-state index in [0.717, 1.165) is 23.5 Å². The first-order valence-electron chi connectivity index (χ1n) is 6.99. The van der Waals surface area contributed by atoms with Crippen molar-refractivity contribution >= 4 is 16.7 Å². The second kappa shape index (κ2) is 4.82. The van der Waals surface area contributed by atoms with E-state index in [0.29, 0.717) is 11.9 Å². The average Bonchev–Trinajstić information content (AvgIpc) is 3.23. The monoisotopic (exact) mass is 255 g/mol. The van der Waals surface area contributed by atoms with Crippen molar-refractivity contribution in [1.29, 1.82) is 0 Å². The Morgan fingerprint density at radius 1 is 1.37 bits per heavy atom. The van der Waals surface area contributed by atoms with E-state index in [1.807, 2.05) is 18.2 Å². The number of fused-ring (bicyclic) bond motifs is 1. The summed E-state index contributed by atoms with van der Waals surface area (Å²) in [5.74, 6) is 1.54. The maximum atomic E-state index is 6.09. The zero-order valence-electron chi connectivity index (χ0n) is 11.6. The third-order valence-corrected chi connectivity index (χ3v) is 4.26. The molecule has 0 radical (unpaired) electrons. The van der Waals surface area contributed by atoms with Gasteiger partial charge in [-0.1, -0.05) is 18.2 Å². The lowest BCUT2D eigenvalue weighted by Gasteiger charge is -2.25. The van der Waals surface area contributed by atoms with E-state index in [4.69, 9.17) is 5.73 Å². The number of benzene rings is 1. The molecule has 2 N–H and O–H groups in total. The van der Waals surface area contributed by atoms with Crippen LogP contribution in [0.1, 0.15) is 25.3 Å². The van der Waals surface area contributed by atoms with Crippen molar-refractivity contribution in [2.24, 2.45) is 5.92 Å². The van der Waals surface area contributed by atoms with Crippen LogP contribution < -0.4 is 5.73 Å². The molecule has 0 amide bonds. The van der Waals surface area contributed by atoms with Crippen molar-refractivity contribution in [2.45, 2.75) is 32.4 Å².